The number of nitrogens with zero attached hydrogens (tertiary/aromatic N) is 3. The maximum atomic E-state index is 13.0. The van der Waals surface area contributed by atoms with E-state index in [9.17, 15) is 12.8 Å². The number of sulfonamides is 1. The molecule has 3 rings (SSSR count). The second-order valence-electron chi connectivity index (χ2n) is 5.21. The zero-order valence-corrected chi connectivity index (χ0v) is 13.3. The summed E-state index contributed by atoms with van der Waals surface area (Å²) in [6, 6.07) is 6.52. The molecule has 1 aromatic carbocycles. The van der Waals surface area contributed by atoms with Crippen molar-refractivity contribution in [2.45, 2.75) is 17.9 Å². The van der Waals surface area contributed by atoms with Gasteiger partial charge in [0, 0.05) is 19.3 Å². The van der Waals surface area contributed by atoms with E-state index in [1.54, 1.807) is 19.2 Å². The molecule has 0 bridgehead atoms. The summed E-state index contributed by atoms with van der Waals surface area (Å²) >= 11 is 0. The van der Waals surface area contributed by atoms with Crippen LogP contribution in [0.15, 0.2) is 41.4 Å². The van der Waals surface area contributed by atoms with Gasteiger partial charge < -0.3 is 4.74 Å². The third-order valence-corrected chi connectivity index (χ3v) is 5.49. The number of rotatable bonds is 3. The van der Waals surface area contributed by atoms with E-state index in [0.717, 1.165) is 12.1 Å². The summed E-state index contributed by atoms with van der Waals surface area (Å²) in [5, 5.41) is 0. The first-order valence-corrected chi connectivity index (χ1v) is 8.58. The van der Waals surface area contributed by atoms with Gasteiger partial charge in [0.05, 0.1) is 17.2 Å². The number of halogens is 1. The van der Waals surface area contributed by atoms with E-state index in [0.29, 0.717) is 11.5 Å². The van der Waals surface area contributed by atoms with Crippen molar-refractivity contribution in [2.24, 2.45) is 0 Å². The Kier molecular flexibility index (Phi) is 4.38. The highest BCUT2D eigenvalue weighted by Crippen LogP contribution is 2.25. The Morgan fingerprint density at radius 2 is 2.00 bits per heavy atom. The van der Waals surface area contributed by atoms with E-state index in [1.807, 2.05) is 0 Å². The van der Waals surface area contributed by atoms with Gasteiger partial charge in [0.25, 0.3) is 0 Å². The monoisotopic (exact) mass is 337 g/mol. The van der Waals surface area contributed by atoms with Crippen LogP contribution in [-0.4, -0.2) is 42.4 Å². The van der Waals surface area contributed by atoms with Crippen LogP contribution in [0, 0.1) is 12.7 Å². The first-order valence-electron chi connectivity index (χ1n) is 7.14. The largest absolute Gasteiger partial charge is 0.369 e. The van der Waals surface area contributed by atoms with E-state index in [1.165, 1.54) is 16.4 Å². The van der Waals surface area contributed by atoms with Crippen molar-refractivity contribution >= 4 is 10.0 Å². The molecule has 6 nitrogen and oxygen atoms in total. The van der Waals surface area contributed by atoms with Crippen LogP contribution >= 0.6 is 0 Å². The molecule has 1 saturated heterocycles. The topological polar surface area (TPSA) is 72.4 Å². The van der Waals surface area contributed by atoms with Gasteiger partial charge in [-0.15, -0.1) is 0 Å². The molecule has 0 radical (unpaired) electrons. The third kappa shape index (κ3) is 3.39. The van der Waals surface area contributed by atoms with Gasteiger partial charge in [-0.3, -0.25) is 0 Å². The summed E-state index contributed by atoms with van der Waals surface area (Å²) in [5.41, 5.74) is 0.650. The third-order valence-electron chi connectivity index (χ3n) is 3.61. The van der Waals surface area contributed by atoms with Gasteiger partial charge >= 0.3 is 0 Å². The van der Waals surface area contributed by atoms with Gasteiger partial charge in [-0.05, 0) is 37.3 Å². The molecule has 122 valence electrons. The Hall–Kier alpha value is -1.90. The van der Waals surface area contributed by atoms with Gasteiger partial charge in [0.15, 0.2) is 0 Å². The van der Waals surface area contributed by atoms with Crippen LogP contribution in [0.2, 0.25) is 0 Å². The lowest BCUT2D eigenvalue weighted by atomic mass is 10.2. The molecule has 2 heterocycles. The number of aromatic nitrogens is 2. The number of aryl methyl sites for hydroxylation is 1. The van der Waals surface area contributed by atoms with Gasteiger partial charge in [-0.1, -0.05) is 0 Å². The van der Waals surface area contributed by atoms with Gasteiger partial charge in [0.1, 0.15) is 17.7 Å². The van der Waals surface area contributed by atoms with Gasteiger partial charge in [-0.25, -0.2) is 22.8 Å². The first-order chi connectivity index (χ1) is 11.0. The second kappa shape index (κ2) is 6.31. The van der Waals surface area contributed by atoms with Crippen LogP contribution in [0.1, 0.15) is 17.6 Å². The van der Waals surface area contributed by atoms with Crippen molar-refractivity contribution in [3.8, 4) is 0 Å². The summed E-state index contributed by atoms with van der Waals surface area (Å²) in [6.07, 6.45) is 1.18. The molecule has 8 heteroatoms. The first kappa shape index (κ1) is 16.0. The van der Waals surface area contributed by atoms with Crippen molar-refractivity contribution < 1.29 is 17.5 Å². The summed E-state index contributed by atoms with van der Waals surface area (Å²) in [4.78, 5) is 8.38. The smallest absolute Gasteiger partial charge is 0.243 e. The molecule has 1 atom stereocenters. The highest BCUT2D eigenvalue weighted by atomic mass is 32.2. The lowest BCUT2D eigenvalue weighted by Crippen LogP contribution is -2.42. The van der Waals surface area contributed by atoms with Crippen molar-refractivity contribution in [3.05, 3.63) is 53.9 Å². The normalized spacial score (nSPS) is 19.7. The van der Waals surface area contributed by atoms with Crippen LogP contribution < -0.4 is 0 Å². The lowest BCUT2D eigenvalue weighted by molar-refractivity contribution is -0.00509. The number of hydrogen-bond acceptors (Lipinski definition) is 5. The summed E-state index contributed by atoms with van der Waals surface area (Å²) < 4.78 is 45.3. The molecule has 1 aliphatic rings. The average molecular weight is 337 g/mol. The number of ether oxygens (including phenoxy) is 1. The standard InChI is InChI=1S/C15H16FN3O3S/c1-11-17-7-6-14(18-11)15-10-19(8-9-22-15)23(20,21)13-4-2-12(16)3-5-13/h2-7,15H,8-10H2,1H3/t15-/m1/s1. The molecule has 1 fully saturated rings. The van der Waals surface area contributed by atoms with Crippen molar-refractivity contribution in [1.29, 1.82) is 0 Å². The Bertz CT molecular complexity index is 796. The van der Waals surface area contributed by atoms with Gasteiger partial charge in [-0.2, -0.15) is 4.31 Å². The van der Waals surface area contributed by atoms with E-state index in [4.69, 9.17) is 4.74 Å². The fourth-order valence-corrected chi connectivity index (χ4v) is 3.86. The van der Waals surface area contributed by atoms with E-state index >= 15 is 0 Å². The molecule has 2 aromatic rings. The molecule has 1 aromatic heterocycles. The number of hydrogen-bond donors (Lipinski definition) is 0. The zero-order valence-electron chi connectivity index (χ0n) is 12.5. The second-order valence-corrected chi connectivity index (χ2v) is 7.14. The molecule has 1 aliphatic heterocycles. The van der Waals surface area contributed by atoms with Crippen molar-refractivity contribution in [2.75, 3.05) is 19.7 Å². The Balaban J connectivity index is 1.84. The molecule has 0 amide bonds. The molecule has 0 N–H and O–H groups in total. The minimum absolute atomic E-state index is 0.0680. The molecular weight excluding hydrogens is 321 g/mol. The highest BCUT2D eigenvalue weighted by molar-refractivity contribution is 7.89. The summed E-state index contributed by atoms with van der Waals surface area (Å²) in [6.45, 7) is 2.45. The SMILES string of the molecule is Cc1nccc([C@H]2CN(S(=O)(=O)c3ccc(F)cc3)CCO2)n1. The molecule has 23 heavy (non-hydrogen) atoms. The van der Waals surface area contributed by atoms with Crippen molar-refractivity contribution in [1.82, 2.24) is 14.3 Å². The highest BCUT2D eigenvalue weighted by Gasteiger charge is 2.32. The van der Waals surface area contributed by atoms with Crippen LogP contribution in [0.25, 0.3) is 0 Å². The Morgan fingerprint density at radius 1 is 1.26 bits per heavy atom. The molecule has 0 unspecified atom stereocenters. The molecule has 0 saturated carbocycles. The predicted molar refractivity (Wildman–Crippen MR) is 80.6 cm³/mol. The minimum Gasteiger partial charge on any atom is -0.369 e. The van der Waals surface area contributed by atoms with Crippen LogP contribution in [0.4, 0.5) is 4.39 Å². The van der Waals surface area contributed by atoms with Crippen LogP contribution in [-0.2, 0) is 14.8 Å². The quantitative estimate of drug-likeness (QED) is 0.852. The van der Waals surface area contributed by atoms with E-state index in [-0.39, 0.29) is 24.6 Å². The zero-order chi connectivity index (χ0) is 16.4. The maximum Gasteiger partial charge on any atom is 0.243 e. The predicted octanol–water partition coefficient (Wildman–Crippen LogP) is 1.69. The van der Waals surface area contributed by atoms with Crippen molar-refractivity contribution in [3.63, 3.8) is 0 Å². The Labute approximate surface area is 134 Å². The summed E-state index contributed by atoms with van der Waals surface area (Å²) in [7, 11) is -3.69. The summed E-state index contributed by atoms with van der Waals surface area (Å²) in [5.74, 6) is 0.130. The molecular formula is C15H16FN3O3S. The fourth-order valence-electron chi connectivity index (χ4n) is 2.43. The van der Waals surface area contributed by atoms with Crippen LogP contribution in [0.3, 0.4) is 0 Å². The lowest BCUT2D eigenvalue weighted by Gasteiger charge is -2.31. The van der Waals surface area contributed by atoms with E-state index in [2.05, 4.69) is 9.97 Å². The van der Waals surface area contributed by atoms with E-state index < -0.39 is 21.9 Å². The number of morpholine rings is 1. The number of benzene rings is 1. The Morgan fingerprint density at radius 3 is 2.70 bits per heavy atom. The molecule has 0 aliphatic carbocycles. The average Bonchev–Trinajstić information content (AvgIpc) is 2.55. The minimum atomic E-state index is -3.69. The van der Waals surface area contributed by atoms with Gasteiger partial charge in [0.2, 0.25) is 10.0 Å². The maximum absolute atomic E-state index is 13.0. The van der Waals surface area contributed by atoms with Crippen LogP contribution in [0.5, 0.6) is 0 Å². The fraction of sp³-hybridized carbons (Fsp3) is 0.333. The molecule has 0 spiro atoms.